The van der Waals surface area contributed by atoms with Crippen molar-refractivity contribution in [2.75, 3.05) is 21.3 Å². The van der Waals surface area contributed by atoms with Crippen LogP contribution in [0.1, 0.15) is 22.3 Å². The van der Waals surface area contributed by atoms with Gasteiger partial charge in [-0.05, 0) is 35.2 Å². The van der Waals surface area contributed by atoms with Crippen LogP contribution in [-0.2, 0) is 6.42 Å². The predicted molar refractivity (Wildman–Crippen MR) is 111 cm³/mol. The maximum absolute atomic E-state index is 12.6. The summed E-state index contributed by atoms with van der Waals surface area (Å²) in [7, 11) is 4.74. The molecule has 3 aromatic rings. The molecule has 0 amide bonds. The average molecular weight is 376 g/mol. The number of aryl methyl sites for hydroxylation is 1. The van der Waals surface area contributed by atoms with Gasteiger partial charge in [-0.1, -0.05) is 54.6 Å². The van der Waals surface area contributed by atoms with E-state index in [4.69, 9.17) is 14.2 Å². The van der Waals surface area contributed by atoms with E-state index in [2.05, 4.69) is 12.1 Å². The van der Waals surface area contributed by atoms with Gasteiger partial charge in [0.2, 0.25) is 5.75 Å². The first kappa shape index (κ1) is 19.5. The number of carbonyl (C=O) groups is 1. The number of rotatable bonds is 8. The largest absolute Gasteiger partial charge is 0.493 e. The van der Waals surface area contributed by atoms with Crippen molar-refractivity contribution in [3.05, 3.63) is 77.9 Å². The van der Waals surface area contributed by atoms with Crippen molar-refractivity contribution in [1.82, 2.24) is 0 Å². The van der Waals surface area contributed by atoms with Crippen LogP contribution in [0.4, 0.5) is 0 Å². The summed E-state index contributed by atoms with van der Waals surface area (Å²) in [5.41, 5.74) is 3.91. The normalized spacial score (nSPS) is 10.4. The molecular weight excluding hydrogens is 352 g/mol. The van der Waals surface area contributed by atoms with E-state index in [0.29, 0.717) is 35.7 Å². The molecule has 0 aromatic heterocycles. The van der Waals surface area contributed by atoms with Gasteiger partial charge in [0.15, 0.2) is 17.3 Å². The van der Waals surface area contributed by atoms with Gasteiger partial charge in [0.05, 0.1) is 21.3 Å². The Morgan fingerprint density at radius 2 is 1.32 bits per heavy atom. The Labute approximate surface area is 165 Å². The molecule has 0 heterocycles. The summed E-state index contributed by atoms with van der Waals surface area (Å²) in [6.07, 6.45) is 0.999. The van der Waals surface area contributed by atoms with Gasteiger partial charge < -0.3 is 14.2 Å². The Morgan fingerprint density at radius 1 is 0.750 bits per heavy atom. The molecule has 0 aliphatic rings. The molecule has 0 saturated carbocycles. The van der Waals surface area contributed by atoms with Crippen molar-refractivity contribution in [3.63, 3.8) is 0 Å². The van der Waals surface area contributed by atoms with Gasteiger partial charge >= 0.3 is 0 Å². The van der Waals surface area contributed by atoms with Gasteiger partial charge in [-0.25, -0.2) is 0 Å². The summed E-state index contributed by atoms with van der Waals surface area (Å²) < 4.78 is 16.1. The fourth-order valence-corrected chi connectivity index (χ4v) is 3.16. The SMILES string of the molecule is COc1cc(CCC(=O)c2ccc(-c3ccccc3)cc2)cc(OC)c1OC. The van der Waals surface area contributed by atoms with E-state index in [-0.39, 0.29) is 5.78 Å². The van der Waals surface area contributed by atoms with Crippen LogP contribution in [0.5, 0.6) is 17.2 Å². The summed E-state index contributed by atoms with van der Waals surface area (Å²) in [4.78, 5) is 12.6. The van der Waals surface area contributed by atoms with E-state index in [1.807, 2.05) is 54.6 Å². The summed E-state index contributed by atoms with van der Waals surface area (Å²) >= 11 is 0. The molecule has 0 saturated heterocycles. The van der Waals surface area contributed by atoms with Gasteiger partial charge in [-0.15, -0.1) is 0 Å². The second kappa shape index (κ2) is 9.09. The van der Waals surface area contributed by atoms with Crippen LogP contribution in [0, 0.1) is 0 Å². The molecule has 0 N–H and O–H groups in total. The molecule has 0 aliphatic carbocycles. The third kappa shape index (κ3) is 4.34. The smallest absolute Gasteiger partial charge is 0.203 e. The first-order valence-corrected chi connectivity index (χ1v) is 9.14. The fraction of sp³-hybridized carbons (Fsp3) is 0.208. The van der Waals surface area contributed by atoms with Crippen LogP contribution in [0.3, 0.4) is 0 Å². The summed E-state index contributed by atoms with van der Waals surface area (Å²) in [5.74, 6) is 1.85. The quantitative estimate of drug-likeness (QED) is 0.507. The van der Waals surface area contributed by atoms with Crippen LogP contribution < -0.4 is 14.2 Å². The number of hydrogen-bond donors (Lipinski definition) is 0. The minimum absolute atomic E-state index is 0.105. The maximum atomic E-state index is 12.6. The molecule has 4 heteroatoms. The number of carbonyl (C=O) groups excluding carboxylic acids is 1. The third-order valence-electron chi connectivity index (χ3n) is 4.68. The Balaban J connectivity index is 1.70. The number of hydrogen-bond acceptors (Lipinski definition) is 4. The second-order valence-electron chi connectivity index (χ2n) is 6.40. The molecular formula is C24H24O4. The van der Waals surface area contributed by atoms with Crippen LogP contribution in [0.15, 0.2) is 66.7 Å². The molecule has 0 fully saturated rings. The van der Waals surface area contributed by atoms with Gasteiger partial charge in [-0.2, -0.15) is 0 Å². The molecule has 3 aromatic carbocycles. The fourth-order valence-electron chi connectivity index (χ4n) is 3.16. The summed E-state index contributed by atoms with van der Waals surface area (Å²) in [5, 5.41) is 0. The molecule has 0 unspecified atom stereocenters. The monoisotopic (exact) mass is 376 g/mol. The topological polar surface area (TPSA) is 44.8 Å². The Bertz CT molecular complexity index is 906. The number of methoxy groups -OCH3 is 3. The number of benzene rings is 3. The first-order chi connectivity index (χ1) is 13.7. The molecule has 28 heavy (non-hydrogen) atoms. The summed E-state index contributed by atoms with van der Waals surface area (Å²) in [6, 6.07) is 21.6. The number of ketones is 1. The molecule has 0 bridgehead atoms. The third-order valence-corrected chi connectivity index (χ3v) is 4.68. The van der Waals surface area contributed by atoms with Gasteiger partial charge in [-0.3, -0.25) is 4.79 Å². The van der Waals surface area contributed by atoms with E-state index in [9.17, 15) is 4.79 Å². The molecule has 0 radical (unpaired) electrons. The van der Waals surface area contributed by atoms with Crippen molar-refractivity contribution in [2.45, 2.75) is 12.8 Å². The first-order valence-electron chi connectivity index (χ1n) is 9.14. The minimum Gasteiger partial charge on any atom is -0.493 e. The Morgan fingerprint density at radius 3 is 1.86 bits per heavy atom. The van der Waals surface area contributed by atoms with Crippen LogP contribution >= 0.6 is 0 Å². The molecule has 3 rings (SSSR count). The van der Waals surface area contributed by atoms with Gasteiger partial charge in [0.25, 0.3) is 0 Å². The average Bonchev–Trinajstić information content (AvgIpc) is 2.77. The van der Waals surface area contributed by atoms with E-state index >= 15 is 0 Å². The zero-order valence-corrected chi connectivity index (χ0v) is 16.4. The van der Waals surface area contributed by atoms with E-state index in [1.54, 1.807) is 21.3 Å². The lowest BCUT2D eigenvalue weighted by Gasteiger charge is -2.14. The zero-order chi connectivity index (χ0) is 19.9. The standard InChI is InChI=1S/C24H24O4/c1-26-22-15-17(16-23(27-2)24(22)28-3)9-14-21(25)20-12-10-19(11-13-20)18-7-5-4-6-8-18/h4-8,10-13,15-16H,9,14H2,1-3H3. The highest BCUT2D eigenvalue weighted by atomic mass is 16.5. The molecule has 0 spiro atoms. The molecule has 4 nitrogen and oxygen atoms in total. The van der Waals surface area contributed by atoms with Crippen molar-refractivity contribution in [2.24, 2.45) is 0 Å². The summed E-state index contributed by atoms with van der Waals surface area (Å²) in [6.45, 7) is 0. The van der Waals surface area contributed by atoms with Crippen molar-refractivity contribution in [1.29, 1.82) is 0 Å². The molecule has 0 atom stereocenters. The lowest BCUT2D eigenvalue weighted by atomic mass is 9.99. The maximum Gasteiger partial charge on any atom is 0.203 e. The highest BCUT2D eigenvalue weighted by Crippen LogP contribution is 2.38. The molecule has 0 aliphatic heterocycles. The Kier molecular flexibility index (Phi) is 6.33. The lowest BCUT2D eigenvalue weighted by molar-refractivity contribution is 0.0983. The number of ether oxygens (including phenoxy) is 3. The van der Waals surface area contributed by atoms with E-state index < -0.39 is 0 Å². The Hall–Kier alpha value is -3.27. The zero-order valence-electron chi connectivity index (χ0n) is 16.4. The van der Waals surface area contributed by atoms with Crippen molar-refractivity contribution >= 4 is 5.78 Å². The van der Waals surface area contributed by atoms with Crippen molar-refractivity contribution < 1.29 is 19.0 Å². The lowest BCUT2D eigenvalue weighted by Crippen LogP contribution is -2.02. The van der Waals surface area contributed by atoms with E-state index in [1.165, 1.54) is 0 Å². The minimum atomic E-state index is 0.105. The highest BCUT2D eigenvalue weighted by Gasteiger charge is 2.14. The predicted octanol–water partition coefficient (Wildman–Crippen LogP) is 5.19. The van der Waals surface area contributed by atoms with Gasteiger partial charge in [0, 0.05) is 12.0 Å². The second-order valence-corrected chi connectivity index (χ2v) is 6.40. The number of Topliss-reactive ketones (excluding diaryl/α,β-unsaturated/α-hetero) is 1. The van der Waals surface area contributed by atoms with E-state index in [0.717, 1.165) is 16.7 Å². The van der Waals surface area contributed by atoms with Gasteiger partial charge in [0.1, 0.15) is 0 Å². The highest BCUT2D eigenvalue weighted by molar-refractivity contribution is 5.96. The van der Waals surface area contributed by atoms with Crippen molar-refractivity contribution in [3.8, 4) is 28.4 Å². The van der Waals surface area contributed by atoms with Crippen LogP contribution in [0.25, 0.3) is 11.1 Å². The van der Waals surface area contributed by atoms with Crippen LogP contribution in [0.2, 0.25) is 0 Å². The van der Waals surface area contributed by atoms with Crippen LogP contribution in [-0.4, -0.2) is 27.1 Å². The molecule has 144 valence electrons.